The highest BCUT2D eigenvalue weighted by Crippen LogP contribution is 2.32. The summed E-state index contributed by atoms with van der Waals surface area (Å²) in [6.07, 6.45) is -4.87. The van der Waals surface area contributed by atoms with E-state index in [2.05, 4.69) is 4.98 Å². The first-order chi connectivity index (χ1) is 11.5. The predicted molar refractivity (Wildman–Crippen MR) is 83.1 cm³/mol. The van der Waals surface area contributed by atoms with Crippen LogP contribution in [0.3, 0.4) is 0 Å². The Kier molecular flexibility index (Phi) is 4.74. The number of aromatic nitrogens is 1. The molecular formula is C15H12F3N3O3S. The number of pyridine rings is 1. The van der Waals surface area contributed by atoms with Crippen molar-refractivity contribution in [2.24, 2.45) is 0 Å². The van der Waals surface area contributed by atoms with Gasteiger partial charge in [-0.3, -0.25) is 4.79 Å². The van der Waals surface area contributed by atoms with E-state index in [1.807, 2.05) is 0 Å². The lowest BCUT2D eigenvalue weighted by Gasteiger charge is -2.13. The van der Waals surface area contributed by atoms with Crippen LogP contribution >= 0.6 is 0 Å². The molecule has 1 N–H and O–H groups in total. The second kappa shape index (κ2) is 6.34. The molecular weight excluding hydrogens is 359 g/mol. The zero-order valence-electron chi connectivity index (χ0n) is 13.0. The molecule has 2 rings (SSSR count). The van der Waals surface area contributed by atoms with Crippen LogP contribution in [0, 0.1) is 11.3 Å². The summed E-state index contributed by atoms with van der Waals surface area (Å²) < 4.78 is 64.1. The largest absolute Gasteiger partial charge is 0.417 e. The highest BCUT2D eigenvalue weighted by Gasteiger charge is 2.35. The Hall–Kier alpha value is -2.64. The number of hydrogen-bond acceptors (Lipinski definition) is 4. The van der Waals surface area contributed by atoms with E-state index in [4.69, 9.17) is 5.26 Å². The Morgan fingerprint density at radius 1 is 1.16 bits per heavy atom. The number of nitriles is 1. The van der Waals surface area contributed by atoms with Crippen LogP contribution < -0.4 is 5.56 Å². The summed E-state index contributed by atoms with van der Waals surface area (Å²) >= 11 is 0. The maximum atomic E-state index is 13.0. The Morgan fingerprint density at radius 2 is 1.72 bits per heavy atom. The smallest absolute Gasteiger partial charge is 0.321 e. The second-order valence-electron chi connectivity index (χ2n) is 5.22. The third kappa shape index (κ3) is 3.57. The van der Waals surface area contributed by atoms with E-state index in [0.717, 1.165) is 4.31 Å². The molecule has 0 bridgehead atoms. The van der Waals surface area contributed by atoms with Crippen molar-refractivity contribution >= 4 is 10.0 Å². The predicted octanol–water partition coefficient (Wildman–Crippen LogP) is 2.18. The average molecular weight is 371 g/mol. The second-order valence-corrected chi connectivity index (χ2v) is 7.37. The Balaban J connectivity index is 2.59. The number of halogens is 3. The topological polar surface area (TPSA) is 94.0 Å². The van der Waals surface area contributed by atoms with Crippen molar-refractivity contribution in [3.8, 4) is 17.3 Å². The Labute approximate surface area is 141 Å². The fraction of sp³-hybridized carbons (Fsp3) is 0.200. The molecule has 0 fully saturated rings. The van der Waals surface area contributed by atoms with E-state index >= 15 is 0 Å². The van der Waals surface area contributed by atoms with Crippen molar-refractivity contribution in [2.75, 3.05) is 14.1 Å². The standard InChI is InChI=1S/C15H12F3N3O3S/c1-21(2)25(23,24)10-5-3-9(4-6-10)13-7-12(15(16,17)18)11(8-19)14(22)20-13/h3-7H,1-2H3,(H,20,22). The summed E-state index contributed by atoms with van der Waals surface area (Å²) in [6, 6.07) is 6.87. The first-order valence-electron chi connectivity index (χ1n) is 6.76. The highest BCUT2D eigenvalue weighted by atomic mass is 32.2. The van der Waals surface area contributed by atoms with Gasteiger partial charge in [0.05, 0.1) is 10.5 Å². The Bertz CT molecular complexity index is 1000. The lowest BCUT2D eigenvalue weighted by molar-refractivity contribution is -0.137. The molecule has 25 heavy (non-hydrogen) atoms. The molecule has 10 heteroatoms. The molecule has 6 nitrogen and oxygen atoms in total. The third-order valence-electron chi connectivity index (χ3n) is 3.39. The molecule has 0 amide bonds. The highest BCUT2D eigenvalue weighted by molar-refractivity contribution is 7.89. The number of H-pyrrole nitrogens is 1. The van der Waals surface area contributed by atoms with Crippen molar-refractivity contribution in [1.29, 1.82) is 5.26 Å². The molecule has 0 atom stereocenters. The number of nitrogens with zero attached hydrogens (tertiary/aromatic N) is 2. The maximum absolute atomic E-state index is 13.0. The van der Waals surface area contributed by atoms with Crippen LogP contribution in [-0.2, 0) is 16.2 Å². The van der Waals surface area contributed by atoms with Gasteiger partial charge in [-0.1, -0.05) is 12.1 Å². The molecule has 0 radical (unpaired) electrons. The van der Waals surface area contributed by atoms with Crippen LogP contribution in [0.1, 0.15) is 11.1 Å². The van der Waals surface area contributed by atoms with Crippen LogP contribution in [0.5, 0.6) is 0 Å². The van der Waals surface area contributed by atoms with Crippen molar-refractivity contribution in [3.63, 3.8) is 0 Å². The fourth-order valence-electron chi connectivity index (χ4n) is 2.07. The molecule has 0 unspecified atom stereocenters. The number of benzene rings is 1. The van der Waals surface area contributed by atoms with Crippen molar-refractivity contribution in [2.45, 2.75) is 11.1 Å². The van der Waals surface area contributed by atoms with Gasteiger partial charge in [0.1, 0.15) is 11.6 Å². The van der Waals surface area contributed by atoms with E-state index in [-0.39, 0.29) is 16.2 Å². The molecule has 1 aromatic heterocycles. The first kappa shape index (κ1) is 18.7. The normalized spacial score (nSPS) is 12.2. The number of sulfonamides is 1. The van der Waals surface area contributed by atoms with Crippen LogP contribution in [0.25, 0.3) is 11.3 Å². The summed E-state index contributed by atoms with van der Waals surface area (Å²) in [5.74, 6) is 0. The van der Waals surface area contributed by atoms with Crippen LogP contribution in [0.2, 0.25) is 0 Å². The zero-order chi connectivity index (χ0) is 19.0. The molecule has 1 aromatic carbocycles. The van der Waals surface area contributed by atoms with Crippen LogP contribution in [0.4, 0.5) is 13.2 Å². The molecule has 0 aliphatic carbocycles. The fourth-order valence-corrected chi connectivity index (χ4v) is 2.97. The van der Waals surface area contributed by atoms with Gasteiger partial charge in [-0.15, -0.1) is 0 Å². The summed E-state index contributed by atoms with van der Waals surface area (Å²) in [5, 5.41) is 8.76. The van der Waals surface area contributed by atoms with Crippen LogP contribution in [-0.4, -0.2) is 31.8 Å². The monoisotopic (exact) mass is 371 g/mol. The quantitative estimate of drug-likeness (QED) is 0.895. The molecule has 0 aliphatic rings. The number of nitrogens with one attached hydrogen (secondary N) is 1. The lowest BCUT2D eigenvalue weighted by atomic mass is 10.1. The van der Waals surface area contributed by atoms with Gasteiger partial charge < -0.3 is 4.98 Å². The SMILES string of the molecule is CN(C)S(=O)(=O)c1ccc(-c2cc(C(F)(F)F)c(C#N)c(=O)[nH]2)cc1. The van der Waals surface area contributed by atoms with Gasteiger partial charge in [-0.2, -0.15) is 18.4 Å². The van der Waals surface area contributed by atoms with Gasteiger partial charge in [0.25, 0.3) is 5.56 Å². The van der Waals surface area contributed by atoms with E-state index in [0.29, 0.717) is 6.07 Å². The van der Waals surface area contributed by atoms with E-state index in [9.17, 15) is 26.4 Å². The number of aromatic amines is 1. The molecule has 1 heterocycles. The minimum atomic E-state index is -4.87. The average Bonchev–Trinajstić information content (AvgIpc) is 2.53. The van der Waals surface area contributed by atoms with Crippen molar-refractivity contribution in [1.82, 2.24) is 9.29 Å². The molecule has 2 aromatic rings. The zero-order valence-corrected chi connectivity index (χ0v) is 13.9. The van der Waals surface area contributed by atoms with Gasteiger partial charge in [0.15, 0.2) is 0 Å². The van der Waals surface area contributed by atoms with E-state index in [1.54, 1.807) is 0 Å². The van der Waals surface area contributed by atoms with Gasteiger partial charge in [-0.05, 0) is 23.8 Å². The summed E-state index contributed by atoms with van der Waals surface area (Å²) in [4.78, 5) is 13.9. The van der Waals surface area contributed by atoms with Crippen LogP contribution in [0.15, 0.2) is 40.0 Å². The minimum Gasteiger partial charge on any atom is -0.321 e. The third-order valence-corrected chi connectivity index (χ3v) is 5.22. The lowest BCUT2D eigenvalue weighted by Crippen LogP contribution is -2.22. The minimum absolute atomic E-state index is 0.0479. The number of alkyl halides is 3. The van der Waals surface area contributed by atoms with E-state index < -0.39 is 32.9 Å². The first-order valence-corrected chi connectivity index (χ1v) is 8.20. The summed E-state index contributed by atoms with van der Waals surface area (Å²) in [6.45, 7) is 0. The number of rotatable bonds is 3. The number of hydrogen-bond donors (Lipinski definition) is 1. The molecule has 0 spiro atoms. The van der Waals surface area contributed by atoms with Crippen molar-refractivity contribution < 1.29 is 21.6 Å². The van der Waals surface area contributed by atoms with Gasteiger partial charge in [0, 0.05) is 19.8 Å². The van der Waals surface area contributed by atoms with E-state index in [1.165, 1.54) is 44.4 Å². The summed E-state index contributed by atoms with van der Waals surface area (Å²) in [7, 11) is -0.999. The van der Waals surface area contributed by atoms with Crippen molar-refractivity contribution in [3.05, 3.63) is 51.8 Å². The van der Waals surface area contributed by atoms with Gasteiger partial charge >= 0.3 is 6.18 Å². The summed E-state index contributed by atoms with van der Waals surface area (Å²) in [5.41, 5.74) is -3.55. The Morgan fingerprint density at radius 3 is 2.16 bits per heavy atom. The van der Waals surface area contributed by atoms with Gasteiger partial charge in [-0.25, -0.2) is 12.7 Å². The maximum Gasteiger partial charge on any atom is 0.417 e. The molecule has 132 valence electrons. The molecule has 0 saturated carbocycles. The van der Waals surface area contributed by atoms with Gasteiger partial charge in [0.2, 0.25) is 10.0 Å². The molecule has 0 aliphatic heterocycles. The molecule has 0 saturated heterocycles.